The highest BCUT2D eigenvalue weighted by molar-refractivity contribution is 6.00. The van der Waals surface area contributed by atoms with E-state index in [-0.39, 0.29) is 29.6 Å². The number of aromatic hydroxyl groups is 1. The molecule has 2 heterocycles. The van der Waals surface area contributed by atoms with Crippen LogP contribution in [0.25, 0.3) is 0 Å². The number of fused-ring (bicyclic) bond motifs is 1. The molecule has 3 aromatic rings. The number of carbonyl (C=O) groups excluding carboxylic acids is 2. The number of benzene rings is 2. The van der Waals surface area contributed by atoms with Crippen LogP contribution in [0.15, 0.2) is 59.4 Å². The number of aryl methyl sites for hydroxylation is 1. The summed E-state index contributed by atoms with van der Waals surface area (Å²) in [6.45, 7) is 4.15. The highest BCUT2D eigenvalue weighted by Crippen LogP contribution is 2.44. The van der Waals surface area contributed by atoms with Crippen LogP contribution >= 0.6 is 0 Å². The molecule has 1 aliphatic heterocycles. The van der Waals surface area contributed by atoms with Crippen molar-refractivity contribution in [1.29, 1.82) is 0 Å². The van der Waals surface area contributed by atoms with Crippen LogP contribution in [0.5, 0.6) is 5.75 Å². The molecule has 1 fully saturated rings. The molecule has 0 bridgehead atoms. The second-order valence-electron chi connectivity index (χ2n) is 10.6. The second-order valence-corrected chi connectivity index (χ2v) is 10.6. The van der Waals surface area contributed by atoms with E-state index in [1.165, 1.54) is 16.0 Å². The Balaban J connectivity index is 1.47. The highest BCUT2D eigenvalue weighted by atomic mass is 16.3. The average molecular weight is 515 g/mol. The molecule has 1 saturated carbocycles. The summed E-state index contributed by atoms with van der Waals surface area (Å²) >= 11 is 0. The molecule has 2 aliphatic rings. The summed E-state index contributed by atoms with van der Waals surface area (Å²) in [6, 6.07) is 17.3. The molecular formula is C30H34N4O4. The third-order valence-corrected chi connectivity index (χ3v) is 8.06. The number of aromatic nitrogens is 2. The Morgan fingerprint density at radius 2 is 1.84 bits per heavy atom. The predicted molar refractivity (Wildman–Crippen MR) is 145 cm³/mol. The van der Waals surface area contributed by atoms with Crippen LogP contribution in [0.3, 0.4) is 0 Å². The summed E-state index contributed by atoms with van der Waals surface area (Å²) < 4.78 is 1.71. The van der Waals surface area contributed by atoms with Gasteiger partial charge in [0.05, 0.1) is 0 Å². The lowest BCUT2D eigenvalue weighted by atomic mass is 9.75. The van der Waals surface area contributed by atoms with Crippen molar-refractivity contribution in [3.8, 4) is 5.75 Å². The predicted octanol–water partition coefficient (Wildman–Crippen LogP) is 4.05. The molecule has 2 aromatic carbocycles. The van der Waals surface area contributed by atoms with Crippen LogP contribution in [0.2, 0.25) is 0 Å². The molecule has 0 unspecified atom stereocenters. The summed E-state index contributed by atoms with van der Waals surface area (Å²) in [6.07, 6.45) is 5.58. The molecule has 1 atom stereocenters. The van der Waals surface area contributed by atoms with Gasteiger partial charge in [0.15, 0.2) is 5.69 Å². The number of nitrogens with zero attached hydrogens (tertiary/aromatic N) is 3. The molecule has 0 radical (unpaired) electrons. The van der Waals surface area contributed by atoms with E-state index in [0.717, 1.165) is 32.1 Å². The van der Waals surface area contributed by atoms with Gasteiger partial charge in [-0.25, -0.2) is 0 Å². The van der Waals surface area contributed by atoms with Gasteiger partial charge in [-0.3, -0.25) is 14.4 Å². The molecule has 5 rings (SSSR count). The van der Waals surface area contributed by atoms with E-state index in [9.17, 15) is 19.5 Å². The van der Waals surface area contributed by atoms with Gasteiger partial charge in [0.2, 0.25) is 11.7 Å². The second kappa shape index (κ2) is 10.4. The zero-order valence-corrected chi connectivity index (χ0v) is 21.9. The molecule has 38 heavy (non-hydrogen) atoms. The fraction of sp³-hybridized carbons (Fsp3) is 0.400. The fourth-order valence-corrected chi connectivity index (χ4v) is 5.98. The molecule has 0 spiro atoms. The topological polar surface area (TPSA) is 105 Å². The van der Waals surface area contributed by atoms with E-state index in [0.29, 0.717) is 24.5 Å². The normalized spacial score (nSPS) is 18.3. The lowest BCUT2D eigenvalue weighted by molar-refractivity contribution is -0.117. The van der Waals surface area contributed by atoms with Crippen LogP contribution in [0.1, 0.15) is 67.0 Å². The van der Waals surface area contributed by atoms with Crippen LogP contribution < -0.4 is 10.9 Å². The summed E-state index contributed by atoms with van der Waals surface area (Å²) in [5.74, 6) is -1.03. The number of carbonyl (C=O) groups is 2. The number of para-hydroxylation sites is 1. The summed E-state index contributed by atoms with van der Waals surface area (Å²) in [4.78, 5) is 44.8. The van der Waals surface area contributed by atoms with Gasteiger partial charge in [0.1, 0.15) is 12.4 Å². The number of amides is 2. The zero-order valence-electron chi connectivity index (χ0n) is 21.9. The van der Waals surface area contributed by atoms with Crippen molar-refractivity contribution < 1.29 is 14.7 Å². The first-order valence-electron chi connectivity index (χ1n) is 13.4. The van der Waals surface area contributed by atoms with Crippen molar-refractivity contribution in [1.82, 2.24) is 14.5 Å². The number of anilines is 1. The minimum Gasteiger partial charge on any atom is -0.501 e. The minimum atomic E-state index is -0.807. The van der Waals surface area contributed by atoms with E-state index < -0.39 is 17.2 Å². The van der Waals surface area contributed by atoms with E-state index in [1.54, 1.807) is 16.7 Å². The molecule has 8 nitrogen and oxygen atoms in total. The Morgan fingerprint density at radius 3 is 2.55 bits per heavy atom. The number of hydrogen-bond acceptors (Lipinski definition) is 5. The van der Waals surface area contributed by atoms with Crippen molar-refractivity contribution in [3.05, 3.63) is 87.6 Å². The molecule has 0 saturated heterocycles. The van der Waals surface area contributed by atoms with Crippen molar-refractivity contribution in [2.75, 3.05) is 11.9 Å². The van der Waals surface area contributed by atoms with Crippen LogP contribution in [0.4, 0.5) is 5.69 Å². The van der Waals surface area contributed by atoms with Crippen molar-refractivity contribution in [2.45, 2.75) is 70.4 Å². The van der Waals surface area contributed by atoms with Crippen molar-refractivity contribution in [2.24, 2.45) is 0 Å². The van der Waals surface area contributed by atoms with Gasteiger partial charge >= 0.3 is 5.56 Å². The summed E-state index contributed by atoms with van der Waals surface area (Å²) in [5, 5.41) is 13.5. The van der Waals surface area contributed by atoms with E-state index >= 15 is 0 Å². The first kappa shape index (κ1) is 25.7. The van der Waals surface area contributed by atoms with Crippen molar-refractivity contribution in [3.63, 3.8) is 0 Å². The summed E-state index contributed by atoms with van der Waals surface area (Å²) in [5.41, 5.74) is 2.07. The van der Waals surface area contributed by atoms with Crippen LogP contribution in [-0.2, 0) is 29.6 Å². The molecule has 2 amide bonds. The molecular weight excluding hydrogens is 480 g/mol. The summed E-state index contributed by atoms with van der Waals surface area (Å²) in [7, 11) is 0. The fourth-order valence-electron chi connectivity index (χ4n) is 5.98. The smallest absolute Gasteiger partial charge is 0.315 e. The maximum absolute atomic E-state index is 13.6. The largest absolute Gasteiger partial charge is 0.501 e. The van der Waals surface area contributed by atoms with Gasteiger partial charge < -0.3 is 19.9 Å². The molecule has 198 valence electrons. The van der Waals surface area contributed by atoms with E-state index in [1.807, 2.05) is 25.1 Å². The van der Waals surface area contributed by atoms with Gasteiger partial charge in [0.25, 0.3) is 5.91 Å². The van der Waals surface area contributed by atoms with E-state index in [2.05, 4.69) is 41.5 Å². The number of rotatable bonds is 7. The maximum Gasteiger partial charge on any atom is 0.315 e. The maximum atomic E-state index is 13.6. The van der Waals surface area contributed by atoms with Crippen LogP contribution in [0, 0.1) is 0 Å². The third-order valence-electron chi connectivity index (χ3n) is 8.06. The van der Waals surface area contributed by atoms with Gasteiger partial charge in [-0.05, 0) is 49.4 Å². The number of hydrogen-bond donors (Lipinski definition) is 2. The number of nitrogens with one attached hydrogen (secondary N) is 1. The Labute approximate surface area is 222 Å². The molecule has 8 heteroatoms. The monoisotopic (exact) mass is 514 g/mol. The average Bonchev–Trinajstić information content (AvgIpc) is 3.39. The SMILES string of the molecule is CCc1cccc(C2(Cc3nc(=O)c(O)c4n3C[C@H](C)N(CC(=O)Nc3ccccc3)C4=O)CCCC2)c1. The molecule has 2 N–H and O–H groups in total. The van der Waals surface area contributed by atoms with Crippen LogP contribution in [-0.4, -0.2) is 44.0 Å². The minimum absolute atomic E-state index is 0.0823. The lowest BCUT2D eigenvalue weighted by Gasteiger charge is -2.37. The van der Waals surface area contributed by atoms with Crippen molar-refractivity contribution >= 4 is 17.5 Å². The van der Waals surface area contributed by atoms with Gasteiger partial charge in [-0.15, -0.1) is 0 Å². The first-order valence-corrected chi connectivity index (χ1v) is 13.4. The zero-order chi connectivity index (χ0) is 26.9. The molecule has 1 aliphatic carbocycles. The van der Waals surface area contributed by atoms with Gasteiger partial charge in [-0.2, -0.15) is 4.98 Å². The molecule has 1 aromatic heterocycles. The van der Waals surface area contributed by atoms with E-state index in [4.69, 9.17) is 0 Å². The quantitative estimate of drug-likeness (QED) is 0.495. The first-order chi connectivity index (χ1) is 18.3. The van der Waals surface area contributed by atoms with Gasteiger partial charge in [-0.1, -0.05) is 62.2 Å². The standard InChI is InChI=1S/C30H34N4O4/c1-3-21-10-9-11-22(16-21)30(14-7-8-15-30)17-24-32-28(37)27(36)26-29(38)33(20(2)18-34(24)26)19-25(35)31-23-12-5-4-6-13-23/h4-6,9-13,16,20,36H,3,7-8,14-15,17-19H2,1-2H3,(H,31,35)/t20-/m0/s1. The Kier molecular flexibility index (Phi) is 7.06. The Bertz CT molecular complexity index is 1410. The Hall–Kier alpha value is -3.94. The van der Waals surface area contributed by atoms with Gasteiger partial charge in [0, 0.05) is 30.1 Å². The lowest BCUT2D eigenvalue weighted by Crippen LogP contribution is -2.51. The Morgan fingerprint density at radius 1 is 1.11 bits per heavy atom. The highest BCUT2D eigenvalue weighted by Gasteiger charge is 2.40. The third kappa shape index (κ3) is 4.83.